The van der Waals surface area contributed by atoms with E-state index in [1.54, 1.807) is 12.1 Å². The molecule has 0 bridgehead atoms. The predicted octanol–water partition coefficient (Wildman–Crippen LogP) is 2.29. The first-order chi connectivity index (χ1) is 15.1. The molecule has 2 aliphatic heterocycles. The molecule has 8 heteroatoms. The standard InChI is InChI=1S/C23H31FN6O/c1-2-28-12-14-29(15-13-28)21-9-10-22(27-26-21)30-11-3-4-19(17-30)23(31)25-16-18-5-7-20(24)8-6-18/h5-10,19H,2-4,11-17H2,1H3,(H,25,31)/t19-/m1/s1. The maximum Gasteiger partial charge on any atom is 0.225 e. The molecule has 3 heterocycles. The Labute approximate surface area is 183 Å². The molecular weight excluding hydrogens is 395 g/mol. The van der Waals surface area contributed by atoms with Crippen molar-refractivity contribution in [2.24, 2.45) is 5.92 Å². The summed E-state index contributed by atoms with van der Waals surface area (Å²) in [7, 11) is 0. The number of nitrogens with one attached hydrogen (secondary N) is 1. The van der Waals surface area contributed by atoms with Crippen LogP contribution in [0.25, 0.3) is 0 Å². The van der Waals surface area contributed by atoms with E-state index in [0.717, 1.165) is 69.3 Å². The van der Waals surface area contributed by atoms with Gasteiger partial charge in [0.1, 0.15) is 5.82 Å². The molecule has 2 fully saturated rings. The van der Waals surface area contributed by atoms with Crippen LogP contribution in [0.2, 0.25) is 0 Å². The normalized spacial score (nSPS) is 20.0. The first kappa shape index (κ1) is 21.5. The summed E-state index contributed by atoms with van der Waals surface area (Å²) in [5.41, 5.74) is 0.892. The monoisotopic (exact) mass is 426 g/mol. The van der Waals surface area contributed by atoms with Crippen molar-refractivity contribution in [1.82, 2.24) is 20.4 Å². The molecule has 0 unspecified atom stereocenters. The van der Waals surface area contributed by atoms with Gasteiger partial charge in [-0.15, -0.1) is 10.2 Å². The fourth-order valence-corrected chi connectivity index (χ4v) is 4.28. The third kappa shape index (κ3) is 5.50. The minimum Gasteiger partial charge on any atom is -0.354 e. The SMILES string of the molecule is CCN1CCN(c2ccc(N3CCC[C@@H](C(=O)NCc4ccc(F)cc4)C3)nn2)CC1. The van der Waals surface area contributed by atoms with Crippen molar-refractivity contribution >= 4 is 17.5 Å². The van der Waals surface area contributed by atoms with Gasteiger partial charge in [0.25, 0.3) is 0 Å². The van der Waals surface area contributed by atoms with E-state index >= 15 is 0 Å². The molecule has 166 valence electrons. The van der Waals surface area contributed by atoms with Crippen molar-refractivity contribution in [2.75, 3.05) is 55.6 Å². The predicted molar refractivity (Wildman–Crippen MR) is 120 cm³/mol. The third-order valence-corrected chi connectivity index (χ3v) is 6.28. The van der Waals surface area contributed by atoms with Crippen LogP contribution in [0.5, 0.6) is 0 Å². The molecule has 1 amide bonds. The van der Waals surface area contributed by atoms with Crippen molar-refractivity contribution in [3.8, 4) is 0 Å². The van der Waals surface area contributed by atoms with Crippen molar-refractivity contribution < 1.29 is 9.18 Å². The zero-order valence-electron chi connectivity index (χ0n) is 18.1. The fourth-order valence-electron chi connectivity index (χ4n) is 4.28. The first-order valence-corrected chi connectivity index (χ1v) is 11.2. The number of halogens is 1. The van der Waals surface area contributed by atoms with E-state index < -0.39 is 0 Å². The van der Waals surface area contributed by atoms with Crippen LogP contribution in [0.15, 0.2) is 36.4 Å². The molecule has 31 heavy (non-hydrogen) atoms. The highest BCUT2D eigenvalue weighted by atomic mass is 19.1. The molecule has 1 aromatic heterocycles. The van der Waals surface area contributed by atoms with E-state index in [-0.39, 0.29) is 17.6 Å². The zero-order valence-corrected chi connectivity index (χ0v) is 18.1. The quantitative estimate of drug-likeness (QED) is 0.765. The Hall–Kier alpha value is -2.74. The Morgan fingerprint density at radius 2 is 1.68 bits per heavy atom. The number of rotatable bonds is 6. The van der Waals surface area contributed by atoms with Crippen LogP contribution < -0.4 is 15.1 Å². The van der Waals surface area contributed by atoms with E-state index in [1.165, 1.54) is 12.1 Å². The largest absolute Gasteiger partial charge is 0.354 e. The smallest absolute Gasteiger partial charge is 0.225 e. The minimum atomic E-state index is -0.270. The average Bonchev–Trinajstić information content (AvgIpc) is 2.84. The van der Waals surface area contributed by atoms with Gasteiger partial charge in [0.05, 0.1) is 5.92 Å². The highest BCUT2D eigenvalue weighted by Gasteiger charge is 2.27. The summed E-state index contributed by atoms with van der Waals surface area (Å²) in [5.74, 6) is 1.43. The number of piperidine rings is 1. The van der Waals surface area contributed by atoms with Crippen molar-refractivity contribution in [2.45, 2.75) is 26.3 Å². The zero-order chi connectivity index (χ0) is 21.6. The van der Waals surface area contributed by atoms with Gasteiger partial charge in [-0.2, -0.15) is 0 Å². The Kier molecular flexibility index (Phi) is 6.96. The number of carbonyl (C=O) groups is 1. The molecule has 1 aromatic carbocycles. The minimum absolute atomic E-state index is 0.0346. The third-order valence-electron chi connectivity index (χ3n) is 6.28. The summed E-state index contributed by atoms with van der Waals surface area (Å²) in [6.45, 7) is 9.27. The number of benzene rings is 1. The topological polar surface area (TPSA) is 64.6 Å². The lowest BCUT2D eigenvalue weighted by molar-refractivity contribution is -0.125. The molecule has 0 saturated carbocycles. The number of hydrogen-bond acceptors (Lipinski definition) is 6. The van der Waals surface area contributed by atoms with Gasteiger partial charge in [-0.3, -0.25) is 4.79 Å². The maximum atomic E-state index is 13.0. The number of carbonyl (C=O) groups excluding carboxylic acids is 1. The van der Waals surface area contributed by atoms with Crippen molar-refractivity contribution in [1.29, 1.82) is 0 Å². The van der Waals surface area contributed by atoms with Gasteiger partial charge < -0.3 is 20.0 Å². The van der Waals surface area contributed by atoms with Gasteiger partial charge in [0.2, 0.25) is 5.91 Å². The molecule has 0 aliphatic carbocycles. The Bertz CT molecular complexity index is 851. The Morgan fingerprint density at radius 1 is 1.00 bits per heavy atom. The molecular formula is C23H31FN6O. The average molecular weight is 427 g/mol. The van der Waals surface area contributed by atoms with Crippen LogP contribution in [0.4, 0.5) is 16.0 Å². The van der Waals surface area contributed by atoms with E-state index in [2.05, 4.69) is 37.1 Å². The molecule has 0 radical (unpaired) electrons. The number of nitrogens with zero attached hydrogens (tertiary/aromatic N) is 5. The summed E-state index contributed by atoms with van der Waals surface area (Å²) >= 11 is 0. The second kappa shape index (κ2) is 10.0. The van der Waals surface area contributed by atoms with Crippen LogP contribution in [0, 0.1) is 11.7 Å². The Morgan fingerprint density at radius 3 is 2.32 bits per heavy atom. The molecule has 7 nitrogen and oxygen atoms in total. The number of hydrogen-bond donors (Lipinski definition) is 1. The van der Waals surface area contributed by atoms with Crippen LogP contribution in [0.3, 0.4) is 0 Å². The van der Waals surface area contributed by atoms with Gasteiger partial charge in [-0.25, -0.2) is 4.39 Å². The lowest BCUT2D eigenvalue weighted by Crippen LogP contribution is -2.46. The maximum absolute atomic E-state index is 13.0. The van der Waals surface area contributed by atoms with Gasteiger partial charge in [-0.1, -0.05) is 19.1 Å². The van der Waals surface area contributed by atoms with Gasteiger partial charge >= 0.3 is 0 Å². The lowest BCUT2D eigenvalue weighted by Gasteiger charge is -2.35. The molecule has 1 atom stereocenters. The van der Waals surface area contributed by atoms with E-state index in [0.29, 0.717) is 13.1 Å². The summed E-state index contributed by atoms with van der Waals surface area (Å²) in [4.78, 5) is 19.5. The molecule has 1 N–H and O–H groups in total. The Balaban J connectivity index is 1.30. The summed E-state index contributed by atoms with van der Waals surface area (Å²) in [6.07, 6.45) is 1.80. The van der Waals surface area contributed by atoms with Gasteiger partial charge in [0, 0.05) is 45.8 Å². The first-order valence-electron chi connectivity index (χ1n) is 11.2. The molecule has 2 aromatic rings. The van der Waals surface area contributed by atoms with E-state index in [4.69, 9.17) is 0 Å². The molecule has 2 aliphatic rings. The van der Waals surface area contributed by atoms with Crippen LogP contribution in [0.1, 0.15) is 25.3 Å². The second-order valence-electron chi connectivity index (χ2n) is 8.30. The molecule has 4 rings (SSSR count). The number of piperazine rings is 1. The van der Waals surface area contributed by atoms with E-state index in [1.807, 2.05) is 12.1 Å². The van der Waals surface area contributed by atoms with Gasteiger partial charge in [0.15, 0.2) is 11.6 Å². The van der Waals surface area contributed by atoms with Crippen LogP contribution in [-0.4, -0.2) is 66.8 Å². The van der Waals surface area contributed by atoms with Crippen LogP contribution in [-0.2, 0) is 11.3 Å². The number of anilines is 2. The summed E-state index contributed by atoms with van der Waals surface area (Å²) < 4.78 is 13.0. The highest BCUT2D eigenvalue weighted by Crippen LogP contribution is 2.23. The van der Waals surface area contributed by atoms with Crippen LogP contribution >= 0.6 is 0 Å². The molecule has 2 saturated heterocycles. The lowest BCUT2D eigenvalue weighted by atomic mass is 9.97. The summed E-state index contributed by atoms with van der Waals surface area (Å²) in [5, 5.41) is 11.9. The second-order valence-corrected chi connectivity index (χ2v) is 8.30. The molecule has 0 spiro atoms. The van der Waals surface area contributed by atoms with Crippen molar-refractivity contribution in [3.05, 3.63) is 47.8 Å². The van der Waals surface area contributed by atoms with E-state index in [9.17, 15) is 9.18 Å². The fraction of sp³-hybridized carbons (Fsp3) is 0.522. The number of aromatic nitrogens is 2. The number of likely N-dealkylation sites (N-methyl/N-ethyl adjacent to an activating group) is 1. The number of amides is 1. The highest BCUT2D eigenvalue weighted by molar-refractivity contribution is 5.79. The van der Waals surface area contributed by atoms with Gasteiger partial charge in [-0.05, 0) is 49.2 Å². The van der Waals surface area contributed by atoms with Crippen molar-refractivity contribution in [3.63, 3.8) is 0 Å². The summed E-state index contributed by atoms with van der Waals surface area (Å²) in [6, 6.07) is 10.3.